The Bertz CT molecular complexity index is 814. The first-order valence-corrected chi connectivity index (χ1v) is 9.84. The first kappa shape index (κ1) is 22.9. The highest BCUT2D eigenvalue weighted by Gasteiger charge is 2.31. The average molecular weight is 411 g/mol. The molecular formula is C21H28F3N3O2. The van der Waals surface area contributed by atoms with Gasteiger partial charge in [-0.1, -0.05) is 31.1 Å². The van der Waals surface area contributed by atoms with Crippen LogP contribution in [-0.2, 0) is 6.18 Å². The normalized spacial score (nSPS) is 13.0. The van der Waals surface area contributed by atoms with Crippen LogP contribution in [0, 0.1) is 6.92 Å². The lowest BCUT2D eigenvalue weighted by molar-refractivity contribution is -0.137. The van der Waals surface area contributed by atoms with Crippen molar-refractivity contribution in [2.75, 3.05) is 19.6 Å². The quantitative estimate of drug-likeness (QED) is 0.637. The molecule has 1 atom stereocenters. The third-order valence-corrected chi connectivity index (χ3v) is 4.93. The van der Waals surface area contributed by atoms with Gasteiger partial charge in [0.05, 0.1) is 11.3 Å². The standard InChI is InChI=1S/C21H28F3N3O2/c1-5-27(6-2)12-8-9-14(3)25-20(28)18-15(4)26-29-19(18)16-10-7-11-17(13-16)21(22,23)24/h7,10-11,13-14H,5-6,8-9,12H2,1-4H3,(H,25,28). The van der Waals surface area contributed by atoms with Gasteiger partial charge >= 0.3 is 6.18 Å². The molecule has 1 amide bonds. The van der Waals surface area contributed by atoms with Gasteiger partial charge in [-0.3, -0.25) is 4.79 Å². The van der Waals surface area contributed by atoms with E-state index >= 15 is 0 Å². The molecule has 1 aromatic carbocycles. The minimum Gasteiger partial charge on any atom is -0.355 e. The molecule has 0 saturated carbocycles. The Morgan fingerprint density at radius 2 is 1.97 bits per heavy atom. The fourth-order valence-electron chi connectivity index (χ4n) is 3.20. The predicted molar refractivity (Wildman–Crippen MR) is 106 cm³/mol. The van der Waals surface area contributed by atoms with E-state index in [4.69, 9.17) is 4.52 Å². The van der Waals surface area contributed by atoms with Crippen molar-refractivity contribution in [3.05, 3.63) is 41.1 Å². The lowest BCUT2D eigenvalue weighted by atomic mass is 10.0. The van der Waals surface area contributed by atoms with Crippen LogP contribution in [0.2, 0.25) is 0 Å². The number of carbonyl (C=O) groups excluding carboxylic acids is 1. The van der Waals surface area contributed by atoms with Crippen molar-refractivity contribution in [2.24, 2.45) is 0 Å². The molecular weight excluding hydrogens is 383 g/mol. The second-order valence-corrected chi connectivity index (χ2v) is 7.09. The highest BCUT2D eigenvalue weighted by molar-refractivity contribution is 6.00. The lowest BCUT2D eigenvalue weighted by Crippen LogP contribution is -2.34. The van der Waals surface area contributed by atoms with Gasteiger partial charge in [-0.2, -0.15) is 13.2 Å². The zero-order valence-electron chi connectivity index (χ0n) is 17.3. The van der Waals surface area contributed by atoms with E-state index in [-0.39, 0.29) is 22.9 Å². The van der Waals surface area contributed by atoms with Crippen LogP contribution in [0.1, 0.15) is 55.2 Å². The molecule has 160 valence electrons. The number of aryl methyl sites for hydroxylation is 1. The van der Waals surface area contributed by atoms with Crippen LogP contribution in [0.4, 0.5) is 13.2 Å². The molecule has 0 aliphatic carbocycles. The molecule has 0 aliphatic rings. The molecule has 0 bridgehead atoms. The molecule has 1 aromatic heterocycles. The van der Waals surface area contributed by atoms with Crippen molar-refractivity contribution < 1.29 is 22.5 Å². The molecule has 5 nitrogen and oxygen atoms in total. The molecule has 8 heteroatoms. The largest absolute Gasteiger partial charge is 0.416 e. The maximum atomic E-state index is 13.0. The number of nitrogens with one attached hydrogen (secondary N) is 1. The van der Waals surface area contributed by atoms with Crippen molar-refractivity contribution >= 4 is 5.91 Å². The smallest absolute Gasteiger partial charge is 0.355 e. The summed E-state index contributed by atoms with van der Waals surface area (Å²) < 4.78 is 44.3. The molecule has 1 N–H and O–H groups in total. The number of alkyl halides is 3. The summed E-state index contributed by atoms with van der Waals surface area (Å²) in [5.41, 5.74) is -0.134. The van der Waals surface area contributed by atoms with Gasteiger partial charge in [-0.15, -0.1) is 0 Å². The van der Waals surface area contributed by atoms with E-state index in [1.165, 1.54) is 12.1 Å². The Kier molecular flexibility index (Phi) is 7.84. The van der Waals surface area contributed by atoms with E-state index in [1.54, 1.807) is 6.92 Å². The number of rotatable bonds is 9. The Morgan fingerprint density at radius 1 is 1.28 bits per heavy atom. The molecule has 0 fully saturated rings. The van der Waals surface area contributed by atoms with Gasteiger partial charge < -0.3 is 14.7 Å². The number of carbonyl (C=O) groups is 1. The Hall–Kier alpha value is -2.35. The van der Waals surface area contributed by atoms with Gasteiger partial charge in [0.1, 0.15) is 5.56 Å². The predicted octanol–water partition coefficient (Wildman–Crippen LogP) is 4.91. The summed E-state index contributed by atoms with van der Waals surface area (Å²) in [4.78, 5) is 15.1. The van der Waals surface area contributed by atoms with Crippen molar-refractivity contribution in [2.45, 2.75) is 52.8 Å². The second-order valence-electron chi connectivity index (χ2n) is 7.09. The first-order valence-electron chi connectivity index (χ1n) is 9.84. The highest BCUT2D eigenvalue weighted by atomic mass is 19.4. The summed E-state index contributed by atoms with van der Waals surface area (Å²) in [7, 11) is 0. The number of amides is 1. The van der Waals surface area contributed by atoms with Crippen LogP contribution in [0.5, 0.6) is 0 Å². The second kappa shape index (κ2) is 9.91. The highest BCUT2D eigenvalue weighted by Crippen LogP contribution is 2.33. The zero-order valence-corrected chi connectivity index (χ0v) is 17.3. The van der Waals surface area contributed by atoms with E-state index in [9.17, 15) is 18.0 Å². The third-order valence-electron chi connectivity index (χ3n) is 4.93. The zero-order chi connectivity index (χ0) is 21.6. The molecule has 0 aliphatic heterocycles. The Morgan fingerprint density at radius 3 is 2.59 bits per heavy atom. The monoisotopic (exact) mass is 411 g/mol. The summed E-state index contributed by atoms with van der Waals surface area (Å²) in [5.74, 6) is -0.354. The SMILES string of the molecule is CCN(CC)CCCC(C)NC(=O)c1c(C)noc1-c1cccc(C(F)(F)F)c1. The number of hydrogen-bond acceptors (Lipinski definition) is 4. The van der Waals surface area contributed by atoms with Crippen molar-refractivity contribution in [1.29, 1.82) is 0 Å². The van der Waals surface area contributed by atoms with Gasteiger partial charge in [0.2, 0.25) is 0 Å². The third kappa shape index (κ3) is 6.06. The van der Waals surface area contributed by atoms with E-state index < -0.39 is 17.6 Å². The van der Waals surface area contributed by atoms with E-state index in [0.717, 1.165) is 44.6 Å². The number of nitrogens with zero attached hydrogens (tertiary/aromatic N) is 2. The van der Waals surface area contributed by atoms with Crippen LogP contribution >= 0.6 is 0 Å². The van der Waals surface area contributed by atoms with E-state index in [0.29, 0.717) is 5.69 Å². The summed E-state index contributed by atoms with van der Waals surface area (Å²) in [6, 6.07) is 4.61. The van der Waals surface area contributed by atoms with Crippen LogP contribution in [0.15, 0.2) is 28.8 Å². The molecule has 2 aromatic rings. The topological polar surface area (TPSA) is 58.4 Å². The van der Waals surface area contributed by atoms with Gasteiger partial charge in [0, 0.05) is 11.6 Å². The summed E-state index contributed by atoms with van der Waals surface area (Å²) in [5, 5.41) is 6.71. The van der Waals surface area contributed by atoms with E-state index in [1.807, 2.05) is 6.92 Å². The minimum absolute atomic E-state index is 0.0430. The summed E-state index contributed by atoms with van der Waals surface area (Å²) >= 11 is 0. The Labute approximate surface area is 169 Å². The molecule has 1 heterocycles. The number of aromatic nitrogens is 1. The summed E-state index contributed by atoms with van der Waals surface area (Å²) in [6.07, 6.45) is -2.75. The summed E-state index contributed by atoms with van der Waals surface area (Å²) in [6.45, 7) is 10.6. The van der Waals surface area contributed by atoms with Gasteiger partial charge in [0.15, 0.2) is 5.76 Å². The lowest BCUT2D eigenvalue weighted by Gasteiger charge is -2.19. The van der Waals surface area contributed by atoms with Crippen LogP contribution < -0.4 is 5.32 Å². The van der Waals surface area contributed by atoms with Crippen LogP contribution in [-0.4, -0.2) is 41.6 Å². The molecule has 1 unspecified atom stereocenters. The van der Waals surface area contributed by atoms with Gasteiger partial charge in [0.25, 0.3) is 5.91 Å². The van der Waals surface area contributed by atoms with Crippen molar-refractivity contribution in [3.63, 3.8) is 0 Å². The average Bonchev–Trinajstić information content (AvgIpc) is 3.06. The molecule has 0 spiro atoms. The molecule has 29 heavy (non-hydrogen) atoms. The van der Waals surface area contributed by atoms with E-state index in [2.05, 4.69) is 29.2 Å². The minimum atomic E-state index is -4.48. The number of benzene rings is 1. The maximum absolute atomic E-state index is 13.0. The van der Waals surface area contributed by atoms with Crippen molar-refractivity contribution in [1.82, 2.24) is 15.4 Å². The molecule has 0 saturated heterocycles. The molecule has 0 radical (unpaired) electrons. The fraction of sp³-hybridized carbons (Fsp3) is 0.524. The van der Waals surface area contributed by atoms with Gasteiger partial charge in [-0.05, 0) is 58.5 Å². The Balaban J connectivity index is 2.12. The maximum Gasteiger partial charge on any atom is 0.416 e. The van der Waals surface area contributed by atoms with Gasteiger partial charge in [-0.25, -0.2) is 0 Å². The number of hydrogen-bond donors (Lipinski definition) is 1. The first-order chi connectivity index (χ1) is 13.7. The fourth-order valence-corrected chi connectivity index (χ4v) is 3.20. The van der Waals surface area contributed by atoms with Crippen LogP contribution in [0.25, 0.3) is 11.3 Å². The molecule has 2 rings (SSSR count). The number of halogens is 3. The van der Waals surface area contributed by atoms with Crippen molar-refractivity contribution in [3.8, 4) is 11.3 Å². The van der Waals surface area contributed by atoms with Crippen LogP contribution in [0.3, 0.4) is 0 Å².